The van der Waals surface area contributed by atoms with E-state index in [9.17, 15) is 4.79 Å². The molecule has 1 heterocycles. The molecule has 5 nitrogen and oxygen atoms in total. The lowest BCUT2D eigenvalue weighted by atomic mass is 10.2. The molecule has 1 aromatic carbocycles. The summed E-state index contributed by atoms with van der Waals surface area (Å²) in [5.74, 6) is -0.0279. The van der Waals surface area contributed by atoms with E-state index >= 15 is 0 Å². The summed E-state index contributed by atoms with van der Waals surface area (Å²) < 4.78 is 10.4. The van der Waals surface area contributed by atoms with Gasteiger partial charge in [-0.1, -0.05) is 11.6 Å². The summed E-state index contributed by atoms with van der Waals surface area (Å²) in [6.45, 7) is 2.24. The number of hydrogen-bond acceptors (Lipinski definition) is 4. The summed E-state index contributed by atoms with van der Waals surface area (Å²) in [4.78, 5) is 10.7. The second-order valence-corrected chi connectivity index (χ2v) is 4.63. The number of anilines is 1. The molecule has 1 aromatic heterocycles. The van der Waals surface area contributed by atoms with Crippen LogP contribution in [0.2, 0.25) is 5.02 Å². The maximum Gasteiger partial charge on any atom is 0.371 e. The van der Waals surface area contributed by atoms with Crippen LogP contribution < -0.4 is 10.1 Å². The zero-order valence-electron chi connectivity index (χ0n) is 11.1. The SMILES string of the molecule is COc1cc(Cl)c(C)cc1NCc1ccc(C(=O)O)o1. The molecule has 20 heavy (non-hydrogen) atoms. The Bertz CT molecular complexity index is 636. The smallest absolute Gasteiger partial charge is 0.371 e. The molecule has 0 saturated heterocycles. The maximum absolute atomic E-state index is 10.7. The minimum absolute atomic E-state index is 0.0824. The van der Waals surface area contributed by atoms with E-state index in [2.05, 4.69) is 5.32 Å². The van der Waals surface area contributed by atoms with Gasteiger partial charge >= 0.3 is 5.97 Å². The molecule has 0 saturated carbocycles. The van der Waals surface area contributed by atoms with E-state index in [0.29, 0.717) is 23.1 Å². The van der Waals surface area contributed by atoms with Crippen molar-refractivity contribution in [2.45, 2.75) is 13.5 Å². The van der Waals surface area contributed by atoms with Gasteiger partial charge in [-0.15, -0.1) is 0 Å². The Kier molecular flexibility index (Phi) is 4.20. The van der Waals surface area contributed by atoms with Crippen LogP contribution in [-0.2, 0) is 6.54 Å². The number of furan rings is 1. The monoisotopic (exact) mass is 295 g/mol. The molecule has 106 valence electrons. The summed E-state index contributed by atoms with van der Waals surface area (Å²) in [7, 11) is 1.56. The third-order valence-corrected chi connectivity index (χ3v) is 3.21. The molecule has 0 aliphatic carbocycles. The van der Waals surface area contributed by atoms with Crippen LogP contribution in [0.4, 0.5) is 5.69 Å². The highest BCUT2D eigenvalue weighted by Crippen LogP contribution is 2.31. The number of carboxylic acid groups (broad SMARTS) is 1. The van der Waals surface area contributed by atoms with E-state index in [4.69, 9.17) is 25.9 Å². The zero-order valence-corrected chi connectivity index (χ0v) is 11.8. The minimum Gasteiger partial charge on any atom is -0.495 e. The molecule has 0 radical (unpaired) electrons. The largest absolute Gasteiger partial charge is 0.495 e. The van der Waals surface area contributed by atoms with Gasteiger partial charge in [-0.05, 0) is 30.7 Å². The van der Waals surface area contributed by atoms with Gasteiger partial charge in [0.05, 0.1) is 19.3 Å². The van der Waals surface area contributed by atoms with Crippen molar-refractivity contribution in [3.05, 3.63) is 46.4 Å². The second-order valence-electron chi connectivity index (χ2n) is 4.23. The van der Waals surface area contributed by atoms with Crippen molar-refractivity contribution in [1.82, 2.24) is 0 Å². The lowest BCUT2D eigenvalue weighted by molar-refractivity contribution is 0.0660. The number of nitrogens with one attached hydrogen (secondary N) is 1. The van der Waals surface area contributed by atoms with Crippen LogP contribution in [-0.4, -0.2) is 18.2 Å². The third kappa shape index (κ3) is 3.05. The van der Waals surface area contributed by atoms with Gasteiger partial charge in [-0.2, -0.15) is 0 Å². The normalized spacial score (nSPS) is 10.3. The number of rotatable bonds is 5. The number of methoxy groups -OCH3 is 1. The van der Waals surface area contributed by atoms with Gasteiger partial charge in [0.15, 0.2) is 0 Å². The average molecular weight is 296 g/mol. The van der Waals surface area contributed by atoms with E-state index in [1.54, 1.807) is 19.2 Å². The van der Waals surface area contributed by atoms with Gasteiger partial charge in [0.1, 0.15) is 11.5 Å². The van der Waals surface area contributed by atoms with Crippen molar-refractivity contribution in [2.24, 2.45) is 0 Å². The Labute approximate surface area is 121 Å². The van der Waals surface area contributed by atoms with Gasteiger partial charge in [0.25, 0.3) is 0 Å². The Balaban J connectivity index is 2.13. The van der Waals surface area contributed by atoms with Gasteiger partial charge in [-0.25, -0.2) is 4.79 Å². The van der Waals surface area contributed by atoms with E-state index in [1.807, 2.05) is 13.0 Å². The molecule has 2 aromatic rings. The Hall–Kier alpha value is -2.14. The topological polar surface area (TPSA) is 71.7 Å². The summed E-state index contributed by atoms with van der Waals surface area (Å²) in [6, 6.07) is 6.63. The number of aryl methyl sites for hydroxylation is 1. The van der Waals surface area contributed by atoms with Crippen molar-refractivity contribution in [3.8, 4) is 5.75 Å². The number of ether oxygens (including phenoxy) is 1. The molecule has 0 atom stereocenters. The fourth-order valence-electron chi connectivity index (χ4n) is 1.74. The Morgan fingerprint density at radius 1 is 1.45 bits per heavy atom. The zero-order chi connectivity index (χ0) is 14.7. The molecule has 0 unspecified atom stereocenters. The van der Waals surface area contributed by atoms with E-state index < -0.39 is 5.97 Å². The van der Waals surface area contributed by atoms with Crippen molar-refractivity contribution in [3.63, 3.8) is 0 Å². The van der Waals surface area contributed by atoms with Crippen molar-refractivity contribution in [2.75, 3.05) is 12.4 Å². The molecular formula is C14H14ClNO4. The van der Waals surface area contributed by atoms with Crippen molar-refractivity contribution >= 4 is 23.3 Å². The molecule has 0 spiro atoms. The van der Waals surface area contributed by atoms with Crippen LogP contribution in [0, 0.1) is 6.92 Å². The van der Waals surface area contributed by atoms with E-state index in [1.165, 1.54) is 6.07 Å². The summed E-state index contributed by atoms with van der Waals surface area (Å²) in [6.07, 6.45) is 0. The van der Waals surface area contributed by atoms with Crippen LogP contribution in [0.1, 0.15) is 21.9 Å². The first-order valence-corrected chi connectivity index (χ1v) is 6.29. The van der Waals surface area contributed by atoms with Crippen molar-refractivity contribution < 1.29 is 19.1 Å². The maximum atomic E-state index is 10.7. The standard InChI is InChI=1S/C14H14ClNO4/c1-8-5-11(13(19-2)6-10(8)15)16-7-9-3-4-12(20-9)14(17)18/h3-6,16H,7H2,1-2H3,(H,17,18). The van der Waals surface area contributed by atoms with Gasteiger partial charge in [0, 0.05) is 11.1 Å². The first-order chi connectivity index (χ1) is 9.51. The summed E-state index contributed by atoms with van der Waals surface area (Å²) in [5, 5.41) is 12.5. The molecule has 0 fully saturated rings. The predicted octanol–water partition coefficient (Wildman–Crippen LogP) is 3.56. The molecule has 0 aliphatic heterocycles. The lowest BCUT2D eigenvalue weighted by Crippen LogP contribution is -2.01. The van der Waals surface area contributed by atoms with Crippen LogP contribution in [0.5, 0.6) is 5.75 Å². The number of carbonyl (C=O) groups is 1. The van der Waals surface area contributed by atoms with Crippen LogP contribution in [0.25, 0.3) is 0 Å². The number of carboxylic acids is 1. The third-order valence-electron chi connectivity index (χ3n) is 2.81. The first-order valence-electron chi connectivity index (χ1n) is 5.91. The number of hydrogen-bond donors (Lipinski definition) is 2. The lowest BCUT2D eigenvalue weighted by Gasteiger charge is -2.12. The van der Waals surface area contributed by atoms with Crippen LogP contribution in [0.3, 0.4) is 0 Å². The van der Waals surface area contributed by atoms with Crippen LogP contribution in [0.15, 0.2) is 28.7 Å². The number of benzene rings is 1. The Morgan fingerprint density at radius 2 is 2.20 bits per heavy atom. The summed E-state index contributed by atoms with van der Waals surface area (Å²) in [5.41, 5.74) is 1.68. The van der Waals surface area contributed by atoms with E-state index in [-0.39, 0.29) is 5.76 Å². The van der Waals surface area contributed by atoms with Crippen molar-refractivity contribution in [1.29, 1.82) is 0 Å². The van der Waals surface area contributed by atoms with Gasteiger partial charge in [-0.3, -0.25) is 0 Å². The highest BCUT2D eigenvalue weighted by Gasteiger charge is 2.10. The highest BCUT2D eigenvalue weighted by atomic mass is 35.5. The highest BCUT2D eigenvalue weighted by molar-refractivity contribution is 6.31. The molecule has 6 heteroatoms. The number of halogens is 1. The molecule has 0 bridgehead atoms. The number of aromatic carboxylic acids is 1. The van der Waals surface area contributed by atoms with Crippen LogP contribution >= 0.6 is 11.6 Å². The predicted molar refractivity (Wildman–Crippen MR) is 75.7 cm³/mol. The molecule has 2 N–H and O–H groups in total. The molecule has 0 amide bonds. The van der Waals surface area contributed by atoms with Gasteiger partial charge < -0.3 is 19.6 Å². The molecular weight excluding hydrogens is 282 g/mol. The average Bonchev–Trinajstić information content (AvgIpc) is 2.88. The summed E-state index contributed by atoms with van der Waals surface area (Å²) >= 11 is 6.03. The molecule has 2 rings (SSSR count). The molecule has 0 aliphatic rings. The first kappa shape index (κ1) is 14.3. The minimum atomic E-state index is -1.09. The fraction of sp³-hybridized carbons (Fsp3) is 0.214. The second kappa shape index (κ2) is 5.88. The Morgan fingerprint density at radius 3 is 2.80 bits per heavy atom. The van der Waals surface area contributed by atoms with Gasteiger partial charge in [0.2, 0.25) is 5.76 Å². The quantitative estimate of drug-likeness (QED) is 0.882. The fourth-order valence-corrected chi connectivity index (χ4v) is 1.89. The van der Waals surface area contributed by atoms with E-state index in [0.717, 1.165) is 11.3 Å².